The summed E-state index contributed by atoms with van der Waals surface area (Å²) in [5.74, 6) is -7.63. The van der Waals surface area contributed by atoms with Crippen molar-refractivity contribution in [1.82, 2.24) is 14.5 Å². The third-order valence-corrected chi connectivity index (χ3v) is 7.41. The first kappa shape index (κ1) is 35.5. The van der Waals surface area contributed by atoms with Gasteiger partial charge in [-0.25, -0.2) is 22.9 Å². The number of carbonyl (C=O) groups is 2. The summed E-state index contributed by atoms with van der Waals surface area (Å²) in [6.45, 7) is 1.65. The Kier molecular flexibility index (Phi) is 9.92. The molecule has 0 saturated heterocycles. The second kappa shape index (κ2) is 14.0. The lowest BCUT2D eigenvalue weighted by atomic mass is 10.0. The van der Waals surface area contributed by atoms with Crippen molar-refractivity contribution in [2.24, 2.45) is 0 Å². The molecule has 0 aliphatic heterocycles. The van der Waals surface area contributed by atoms with Gasteiger partial charge in [-0.05, 0) is 67.4 Å². The molecule has 260 valence electrons. The van der Waals surface area contributed by atoms with E-state index >= 15 is 8.78 Å². The first-order valence-corrected chi connectivity index (χ1v) is 14.5. The quantitative estimate of drug-likeness (QED) is 0.152. The molecule has 2 heterocycles. The number of para-hydroxylation sites is 1. The molecule has 0 unspecified atom stereocenters. The van der Waals surface area contributed by atoms with Crippen LogP contribution in [0.1, 0.15) is 21.5 Å². The van der Waals surface area contributed by atoms with Crippen molar-refractivity contribution in [1.29, 1.82) is 0 Å². The van der Waals surface area contributed by atoms with E-state index in [9.17, 15) is 42.2 Å². The first-order valence-electron chi connectivity index (χ1n) is 14.5. The van der Waals surface area contributed by atoms with Crippen LogP contribution in [0, 0.1) is 31.3 Å². The molecule has 17 heteroatoms. The summed E-state index contributed by atoms with van der Waals surface area (Å²) in [6, 6.07) is 10.6. The van der Waals surface area contributed by atoms with Crippen LogP contribution in [0.5, 0.6) is 0 Å². The van der Waals surface area contributed by atoms with Gasteiger partial charge in [0.15, 0.2) is 5.65 Å². The van der Waals surface area contributed by atoms with E-state index in [1.807, 2.05) is 0 Å². The van der Waals surface area contributed by atoms with Gasteiger partial charge >= 0.3 is 12.1 Å². The molecule has 0 spiro atoms. The number of nitrogens with one attached hydrogen (secondary N) is 1. The van der Waals surface area contributed by atoms with Crippen LogP contribution in [-0.2, 0) is 9.63 Å². The molecule has 3 aromatic carbocycles. The fourth-order valence-electron chi connectivity index (χ4n) is 4.82. The van der Waals surface area contributed by atoms with Gasteiger partial charge in [0, 0.05) is 22.6 Å². The molecule has 0 saturated carbocycles. The summed E-state index contributed by atoms with van der Waals surface area (Å²) in [6.07, 6.45) is -5.55. The summed E-state index contributed by atoms with van der Waals surface area (Å²) in [5, 5.41) is 22.0. The van der Waals surface area contributed by atoms with E-state index in [0.717, 1.165) is 48.5 Å². The zero-order valence-electron chi connectivity index (χ0n) is 25.9. The molecule has 0 aliphatic rings. The maximum Gasteiger partial charge on any atom is 0.493 e. The van der Waals surface area contributed by atoms with Gasteiger partial charge in [0.25, 0.3) is 11.5 Å². The number of aromatic nitrogens is 3. The lowest BCUT2D eigenvalue weighted by Gasteiger charge is -2.23. The second-order valence-corrected chi connectivity index (χ2v) is 10.9. The van der Waals surface area contributed by atoms with Gasteiger partial charge in [-0.2, -0.15) is 18.2 Å². The van der Waals surface area contributed by atoms with Crippen LogP contribution in [0.4, 0.5) is 38.0 Å². The number of rotatable bonds is 8. The Bertz CT molecular complexity index is 2170. The molecule has 0 aliphatic carbocycles. The Labute approximate surface area is 278 Å². The monoisotopic (exact) mass is 701 g/mol. The number of carbonyl (C=O) groups excluding carboxylic acids is 2. The maximum atomic E-state index is 15.0. The molecule has 5 aromatic rings. The summed E-state index contributed by atoms with van der Waals surface area (Å²) >= 11 is 0. The van der Waals surface area contributed by atoms with Crippen LogP contribution >= 0.6 is 0 Å². The number of fused-ring (bicyclic) bond motifs is 1. The van der Waals surface area contributed by atoms with Crippen molar-refractivity contribution in [3.8, 4) is 16.9 Å². The Morgan fingerprint density at radius 3 is 2.18 bits per heavy atom. The Morgan fingerprint density at radius 2 is 1.56 bits per heavy atom. The van der Waals surface area contributed by atoms with Gasteiger partial charge in [0.1, 0.15) is 23.1 Å². The highest BCUT2D eigenvalue weighted by Gasteiger charge is 2.44. The SMILES string of the molecule is Cc1ccc(C(=O)N(OC(=O)C(F)(F)F)c2ccc(C)c(-c3nc(NC(CO)CO)nc4c3ccc(=O)n4-c3c(F)cccc3F)c2)cc1F. The zero-order valence-corrected chi connectivity index (χ0v) is 25.9. The van der Waals surface area contributed by atoms with Crippen molar-refractivity contribution in [2.45, 2.75) is 26.1 Å². The number of hydrogen-bond acceptors (Lipinski definition) is 9. The van der Waals surface area contributed by atoms with Gasteiger partial charge in [-0.1, -0.05) is 18.2 Å². The van der Waals surface area contributed by atoms with E-state index in [4.69, 9.17) is 0 Å². The number of anilines is 2. The van der Waals surface area contributed by atoms with Crippen molar-refractivity contribution in [2.75, 3.05) is 23.6 Å². The second-order valence-electron chi connectivity index (χ2n) is 10.9. The number of alkyl halides is 3. The number of pyridine rings is 1. The molecule has 50 heavy (non-hydrogen) atoms. The number of hydrogen-bond donors (Lipinski definition) is 3. The molecular formula is C33H25F6N5O6. The van der Waals surface area contributed by atoms with E-state index in [2.05, 4.69) is 20.1 Å². The van der Waals surface area contributed by atoms with Crippen LogP contribution in [0.2, 0.25) is 0 Å². The van der Waals surface area contributed by atoms with Crippen molar-refractivity contribution in [3.63, 3.8) is 0 Å². The molecule has 0 radical (unpaired) electrons. The smallest absolute Gasteiger partial charge is 0.394 e. The molecule has 0 bridgehead atoms. The Morgan fingerprint density at radius 1 is 0.900 bits per heavy atom. The molecular weight excluding hydrogens is 676 g/mol. The summed E-state index contributed by atoms with van der Waals surface area (Å²) in [5.41, 5.74) is -2.67. The molecule has 3 N–H and O–H groups in total. The number of aryl methyl sites for hydroxylation is 2. The Balaban J connectivity index is 1.79. The van der Waals surface area contributed by atoms with E-state index in [0.29, 0.717) is 10.1 Å². The third-order valence-electron chi connectivity index (χ3n) is 7.41. The van der Waals surface area contributed by atoms with Gasteiger partial charge in [-0.3, -0.25) is 14.2 Å². The Hall–Kier alpha value is -5.81. The van der Waals surface area contributed by atoms with E-state index in [-0.39, 0.29) is 38.9 Å². The minimum absolute atomic E-state index is 0.0175. The lowest BCUT2D eigenvalue weighted by Crippen LogP contribution is -2.39. The van der Waals surface area contributed by atoms with Crippen LogP contribution in [-0.4, -0.2) is 62.1 Å². The van der Waals surface area contributed by atoms with E-state index in [1.54, 1.807) is 0 Å². The van der Waals surface area contributed by atoms with Crippen molar-refractivity contribution >= 4 is 34.5 Å². The number of hydroxylamine groups is 1. The van der Waals surface area contributed by atoms with Gasteiger partial charge in [-0.15, -0.1) is 5.06 Å². The zero-order chi connectivity index (χ0) is 36.5. The number of halogens is 6. The summed E-state index contributed by atoms with van der Waals surface area (Å²) in [4.78, 5) is 51.8. The van der Waals surface area contributed by atoms with Crippen molar-refractivity contribution < 1.29 is 51.0 Å². The standard InChI is InChI=1S/C33H25F6N5O6/c1-16-7-9-20(44(50-31(49)33(37,38)39)30(48)18-8-6-17(2)25(36)12-18)13-22(16)27-21-10-11-26(47)43(28-23(34)4-3-5-24(28)35)29(21)42-32(41-27)40-19(14-45)15-46/h3-13,19,45-46H,14-15H2,1-2H3,(H,40,41,42). The molecule has 0 atom stereocenters. The third kappa shape index (κ3) is 6.99. The number of amides is 1. The topological polar surface area (TPSA) is 147 Å². The number of benzene rings is 3. The van der Waals surface area contributed by atoms with Gasteiger partial charge in [0.2, 0.25) is 5.95 Å². The highest BCUT2D eigenvalue weighted by molar-refractivity contribution is 6.06. The molecule has 1 amide bonds. The minimum Gasteiger partial charge on any atom is -0.394 e. The van der Waals surface area contributed by atoms with Gasteiger partial charge in [0.05, 0.1) is 30.6 Å². The summed E-state index contributed by atoms with van der Waals surface area (Å²) < 4.78 is 85.1. The number of nitrogens with zero attached hydrogens (tertiary/aromatic N) is 4. The highest BCUT2D eigenvalue weighted by Crippen LogP contribution is 2.35. The number of aliphatic hydroxyl groups is 2. The molecule has 11 nitrogen and oxygen atoms in total. The van der Waals surface area contributed by atoms with Crippen LogP contribution < -0.4 is 15.9 Å². The van der Waals surface area contributed by atoms with Crippen LogP contribution in [0.15, 0.2) is 71.5 Å². The van der Waals surface area contributed by atoms with Crippen LogP contribution in [0.3, 0.4) is 0 Å². The average Bonchev–Trinajstić information content (AvgIpc) is 3.07. The minimum atomic E-state index is -5.55. The average molecular weight is 702 g/mol. The van der Waals surface area contributed by atoms with E-state index < -0.39 is 77.3 Å². The van der Waals surface area contributed by atoms with Gasteiger partial charge < -0.3 is 20.4 Å². The fraction of sp³-hybridized carbons (Fsp3) is 0.182. The first-order chi connectivity index (χ1) is 23.6. The predicted octanol–water partition coefficient (Wildman–Crippen LogP) is 4.91. The number of aliphatic hydroxyl groups excluding tert-OH is 2. The highest BCUT2D eigenvalue weighted by atomic mass is 19.4. The van der Waals surface area contributed by atoms with Crippen LogP contribution in [0.25, 0.3) is 28.0 Å². The molecule has 2 aromatic heterocycles. The largest absolute Gasteiger partial charge is 0.493 e. The summed E-state index contributed by atoms with van der Waals surface area (Å²) in [7, 11) is 0. The fourth-order valence-corrected chi connectivity index (χ4v) is 4.82. The van der Waals surface area contributed by atoms with Crippen molar-refractivity contribution in [3.05, 3.63) is 111 Å². The predicted molar refractivity (Wildman–Crippen MR) is 167 cm³/mol. The normalized spacial score (nSPS) is 11.6. The molecule has 0 fully saturated rings. The van der Waals surface area contributed by atoms with E-state index in [1.165, 1.54) is 32.0 Å². The maximum absolute atomic E-state index is 15.0. The molecule has 5 rings (SSSR count). The lowest BCUT2D eigenvalue weighted by molar-refractivity contribution is -0.199.